The Morgan fingerprint density at radius 3 is 2.83 bits per heavy atom. The molecule has 3 aromatic rings. The summed E-state index contributed by atoms with van der Waals surface area (Å²) in [7, 11) is 0. The highest BCUT2D eigenvalue weighted by molar-refractivity contribution is 5.86. The number of aromatic nitrogens is 2. The van der Waals surface area contributed by atoms with E-state index in [1.807, 2.05) is 37.3 Å². The molecule has 24 heavy (non-hydrogen) atoms. The summed E-state index contributed by atoms with van der Waals surface area (Å²) in [6, 6.07) is 10.7. The van der Waals surface area contributed by atoms with Crippen LogP contribution in [-0.2, 0) is 6.42 Å². The van der Waals surface area contributed by atoms with E-state index in [1.54, 1.807) is 0 Å². The van der Waals surface area contributed by atoms with Crippen LogP contribution in [0.25, 0.3) is 16.7 Å². The summed E-state index contributed by atoms with van der Waals surface area (Å²) >= 11 is 0. The Bertz CT molecular complexity index is 959. The summed E-state index contributed by atoms with van der Waals surface area (Å²) in [5.41, 5.74) is 5.35. The van der Waals surface area contributed by atoms with Gasteiger partial charge in [-0.15, -0.1) is 6.58 Å². The quantitative estimate of drug-likeness (QED) is 0.699. The van der Waals surface area contributed by atoms with Gasteiger partial charge in [-0.3, -0.25) is 4.40 Å². The first kappa shape index (κ1) is 16.1. The Kier molecular flexibility index (Phi) is 4.26. The molecule has 4 heteroatoms. The van der Waals surface area contributed by atoms with Crippen molar-refractivity contribution in [2.24, 2.45) is 0 Å². The smallest absolute Gasteiger partial charge is 0.157 e. The second kappa shape index (κ2) is 6.37. The number of hydrogen-bond acceptors (Lipinski definition) is 3. The molecule has 0 radical (unpaired) electrons. The Morgan fingerprint density at radius 1 is 1.42 bits per heavy atom. The number of hydrogen-bond donors (Lipinski definition) is 1. The largest absolute Gasteiger partial charge is 0.368 e. The van der Waals surface area contributed by atoms with Crippen molar-refractivity contribution >= 4 is 22.5 Å². The van der Waals surface area contributed by atoms with Crippen LogP contribution in [0, 0.1) is 18.3 Å². The lowest BCUT2D eigenvalue weighted by molar-refractivity contribution is 0.755. The van der Waals surface area contributed by atoms with Gasteiger partial charge in [0.2, 0.25) is 0 Å². The molecule has 0 aliphatic rings. The molecule has 0 saturated heterocycles. The number of imidazole rings is 1. The van der Waals surface area contributed by atoms with Gasteiger partial charge in [0.05, 0.1) is 16.6 Å². The Labute approximate surface area is 142 Å². The van der Waals surface area contributed by atoms with Gasteiger partial charge in [0, 0.05) is 11.6 Å². The van der Waals surface area contributed by atoms with Gasteiger partial charge in [-0.1, -0.05) is 25.1 Å². The third kappa shape index (κ3) is 2.43. The number of nitrogens with one attached hydrogen (secondary N) is 1. The van der Waals surface area contributed by atoms with Crippen molar-refractivity contribution in [1.82, 2.24) is 9.38 Å². The molecule has 3 rings (SSSR count). The van der Waals surface area contributed by atoms with E-state index >= 15 is 0 Å². The van der Waals surface area contributed by atoms with Gasteiger partial charge in [0.15, 0.2) is 5.65 Å². The Morgan fingerprint density at radius 2 is 2.17 bits per heavy atom. The van der Waals surface area contributed by atoms with Gasteiger partial charge in [-0.2, -0.15) is 5.26 Å². The standard InChI is InChI=1S/C20H22N4/c1-5-9-15-14(4)16(12-21)20-23-17-10-7-8-11-18(17)24(20)19(15)22-13(3)6-2/h5,7-8,10-11,13,22H,1,6,9H2,2-4H3/t13-/m1/s1. The summed E-state index contributed by atoms with van der Waals surface area (Å²) < 4.78 is 2.09. The average Bonchev–Trinajstić information content (AvgIpc) is 2.97. The first-order valence-corrected chi connectivity index (χ1v) is 8.32. The predicted octanol–water partition coefficient (Wildman–Crippen LogP) is 4.61. The average molecular weight is 318 g/mol. The topological polar surface area (TPSA) is 53.1 Å². The lowest BCUT2D eigenvalue weighted by atomic mass is 10.0. The highest BCUT2D eigenvalue weighted by atomic mass is 15.1. The van der Waals surface area contributed by atoms with Crippen molar-refractivity contribution in [2.45, 2.75) is 39.7 Å². The lowest BCUT2D eigenvalue weighted by Gasteiger charge is -2.21. The first-order valence-electron chi connectivity index (χ1n) is 8.32. The molecule has 1 N–H and O–H groups in total. The van der Waals surface area contributed by atoms with Crippen molar-refractivity contribution in [1.29, 1.82) is 5.26 Å². The number of nitriles is 1. The summed E-state index contributed by atoms with van der Waals surface area (Å²) in [6.45, 7) is 10.2. The van der Waals surface area contributed by atoms with E-state index < -0.39 is 0 Å². The molecule has 122 valence electrons. The molecule has 0 aliphatic heterocycles. The van der Waals surface area contributed by atoms with E-state index in [2.05, 4.69) is 36.2 Å². The molecule has 1 aromatic carbocycles. The van der Waals surface area contributed by atoms with Crippen LogP contribution in [0.4, 0.5) is 5.82 Å². The molecule has 1 atom stereocenters. The van der Waals surface area contributed by atoms with E-state index in [0.717, 1.165) is 40.0 Å². The van der Waals surface area contributed by atoms with E-state index in [1.165, 1.54) is 0 Å². The van der Waals surface area contributed by atoms with Gasteiger partial charge in [-0.05, 0) is 44.4 Å². The van der Waals surface area contributed by atoms with Crippen LogP contribution in [0.2, 0.25) is 0 Å². The first-order chi connectivity index (χ1) is 11.6. The number of nitrogens with zero attached hydrogens (tertiary/aromatic N) is 3. The molecule has 0 unspecified atom stereocenters. The monoisotopic (exact) mass is 318 g/mol. The van der Waals surface area contributed by atoms with Crippen molar-refractivity contribution in [2.75, 3.05) is 5.32 Å². The molecule has 0 spiro atoms. The van der Waals surface area contributed by atoms with E-state index in [-0.39, 0.29) is 0 Å². The summed E-state index contributed by atoms with van der Waals surface area (Å²) in [5, 5.41) is 13.3. The van der Waals surface area contributed by atoms with E-state index in [4.69, 9.17) is 4.98 Å². The summed E-state index contributed by atoms with van der Waals surface area (Å²) in [6.07, 6.45) is 3.61. The van der Waals surface area contributed by atoms with Crippen LogP contribution < -0.4 is 5.32 Å². The van der Waals surface area contributed by atoms with Gasteiger partial charge in [-0.25, -0.2) is 4.98 Å². The van der Waals surface area contributed by atoms with E-state index in [9.17, 15) is 5.26 Å². The number of rotatable bonds is 5. The maximum absolute atomic E-state index is 9.70. The molecule has 0 aliphatic carbocycles. The molecule has 2 aromatic heterocycles. The normalized spacial score (nSPS) is 12.2. The fourth-order valence-electron chi connectivity index (χ4n) is 3.07. The number of benzene rings is 1. The molecular formula is C20H22N4. The maximum Gasteiger partial charge on any atom is 0.157 e. The minimum absolute atomic E-state index is 0.324. The number of para-hydroxylation sites is 2. The number of pyridine rings is 1. The molecule has 0 fully saturated rings. The minimum atomic E-state index is 0.324. The van der Waals surface area contributed by atoms with Gasteiger partial charge in [0.1, 0.15) is 11.9 Å². The molecule has 0 saturated carbocycles. The van der Waals surface area contributed by atoms with Crippen molar-refractivity contribution in [3.63, 3.8) is 0 Å². The van der Waals surface area contributed by atoms with Crippen molar-refractivity contribution < 1.29 is 0 Å². The fraction of sp³-hybridized carbons (Fsp3) is 0.300. The van der Waals surface area contributed by atoms with Crippen LogP contribution in [-0.4, -0.2) is 15.4 Å². The lowest BCUT2D eigenvalue weighted by Crippen LogP contribution is -2.19. The molecule has 4 nitrogen and oxygen atoms in total. The minimum Gasteiger partial charge on any atom is -0.368 e. The highest BCUT2D eigenvalue weighted by Gasteiger charge is 2.20. The summed E-state index contributed by atoms with van der Waals surface area (Å²) in [5.74, 6) is 1.02. The number of anilines is 1. The van der Waals surface area contributed by atoms with Crippen LogP contribution >= 0.6 is 0 Å². The number of fused-ring (bicyclic) bond motifs is 3. The fourth-order valence-corrected chi connectivity index (χ4v) is 3.07. The van der Waals surface area contributed by atoms with Crippen molar-refractivity contribution in [3.05, 3.63) is 53.6 Å². The third-order valence-corrected chi connectivity index (χ3v) is 4.58. The molecular weight excluding hydrogens is 296 g/mol. The molecule has 2 heterocycles. The highest BCUT2D eigenvalue weighted by Crippen LogP contribution is 2.31. The third-order valence-electron chi connectivity index (χ3n) is 4.58. The summed E-state index contributed by atoms with van der Waals surface area (Å²) in [4.78, 5) is 4.72. The van der Waals surface area contributed by atoms with Crippen LogP contribution in [0.3, 0.4) is 0 Å². The maximum atomic E-state index is 9.70. The molecule has 0 bridgehead atoms. The second-order valence-electron chi connectivity index (χ2n) is 6.14. The SMILES string of the molecule is C=CCc1c(C)c(C#N)c2nc3ccccc3n2c1N[C@H](C)CC. The van der Waals surface area contributed by atoms with Gasteiger partial charge in [0.25, 0.3) is 0 Å². The van der Waals surface area contributed by atoms with Crippen LogP contribution in [0.15, 0.2) is 36.9 Å². The van der Waals surface area contributed by atoms with Crippen LogP contribution in [0.1, 0.15) is 37.0 Å². The van der Waals surface area contributed by atoms with Crippen molar-refractivity contribution in [3.8, 4) is 6.07 Å². The van der Waals surface area contributed by atoms with E-state index in [0.29, 0.717) is 18.0 Å². The zero-order valence-electron chi connectivity index (χ0n) is 14.4. The van der Waals surface area contributed by atoms with Crippen LogP contribution in [0.5, 0.6) is 0 Å². The zero-order chi connectivity index (χ0) is 17.3. The number of allylic oxidation sites excluding steroid dienone is 1. The van der Waals surface area contributed by atoms with Gasteiger partial charge >= 0.3 is 0 Å². The van der Waals surface area contributed by atoms with Gasteiger partial charge < -0.3 is 5.32 Å². The second-order valence-corrected chi connectivity index (χ2v) is 6.14. The predicted molar refractivity (Wildman–Crippen MR) is 99.4 cm³/mol. The molecule has 0 amide bonds. The zero-order valence-corrected chi connectivity index (χ0v) is 14.4. The Hall–Kier alpha value is -2.80. The Balaban J connectivity index is 2.48.